The topological polar surface area (TPSA) is 112 Å². The number of ether oxygens (including phenoxy) is 2. The number of esters is 1. The molecule has 0 aliphatic carbocycles. The predicted molar refractivity (Wildman–Crippen MR) is 131 cm³/mol. The quantitative estimate of drug-likeness (QED) is 0.345. The van der Waals surface area contributed by atoms with Crippen LogP contribution in [0.2, 0.25) is 0 Å². The Morgan fingerprint density at radius 2 is 1.68 bits per heavy atom. The fourth-order valence-electron chi connectivity index (χ4n) is 3.30. The van der Waals surface area contributed by atoms with Crippen molar-refractivity contribution in [3.05, 3.63) is 35.9 Å². The van der Waals surface area contributed by atoms with E-state index in [1.54, 1.807) is 41.5 Å². The second-order valence-corrected chi connectivity index (χ2v) is 10.5. The van der Waals surface area contributed by atoms with Gasteiger partial charge in [0.2, 0.25) is 0 Å². The Bertz CT molecular complexity index is 793. The van der Waals surface area contributed by atoms with E-state index in [9.17, 15) is 14.7 Å². The van der Waals surface area contributed by atoms with Gasteiger partial charge in [-0.2, -0.15) is 5.26 Å². The molecule has 1 amide bonds. The summed E-state index contributed by atoms with van der Waals surface area (Å²) in [5.74, 6) is -0.496. The van der Waals surface area contributed by atoms with Crippen molar-refractivity contribution in [3.63, 3.8) is 0 Å². The number of amides is 1. The summed E-state index contributed by atoms with van der Waals surface area (Å²) < 4.78 is 10.8. The first-order valence-corrected chi connectivity index (χ1v) is 11.8. The molecule has 1 rings (SSSR count). The molecule has 34 heavy (non-hydrogen) atoms. The Labute approximate surface area is 204 Å². The second-order valence-electron chi connectivity index (χ2n) is 10.5. The van der Waals surface area contributed by atoms with Crippen molar-refractivity contribution >= 4 is 12.1 Å². The molecule has 0 saturated carbocycles. The summed E-state index contributed by atoms with van der Waals surface area (Å²) in [5.41, 5.74) is -0.233. The summed E-state index contributed by atoms with van der Waals surface area (Å²) in [7, 11) is 0. The molecule has 0 radical (unpaired) electrons. The van der Waals surface area contributed by atoms with E-state index < -0.39 is 35.4 Å². The van der Waals surface area contributed by atoms with Crippen LogP contribution in [0.1, 0.15) is 72.8 Å². The highest BCUT2D eigenvalue weighted by Gasteiger charge is 2.28. The third-order valence-corrected chi connectivity index (χ3v) is 4.64. The summed E-state index contributed by atoms with van der Waals surface area (Å²) in [6, 6.07) is 11.1. The molecular weight excluding hydrogens is 434 g/mol. The number of hydrogen-bond donors (Lipinski definition) is 2. The lowest BCUT2D eigenvalue weighted by Gasteiger charge is -2.27. The molecule has 2 N–H and O–H groups in total. The number of unbranched alkanes of at least 4 members (excludes halogenated alkanes) is 1. The monoisotopic (exact) mass is 475 g/mol. The van der Waals surface area contributed by atoms with Crippen LogP contribution in [0.4, 0.5) is 4.79 Å². The molecule has 0 aliphatic rings. The maximum absolute atomic E-state index is 12.7. The van der Waals surface area contributed by atoms with Gasteiger partial charge in [-0.1, -0.05) is 30.3 Å². The van der Waals surface area contributed by atoms with E-state index in [2.05, 4.69) is 10.2 Å². The first-order chi connectivity index (χ1) is 15.8. The highest BCUT2D eigenvalue weighted by atomic mass is 16.6. The van der Waals surface area contributed by atoms with E-state index in [1.165, 1.54) is 0 Å². The maximum Gasteiger partial charge on any atom is 0.408 e. The summed E-state index contributed by atoms with van der Waals surface area (Å²) >= 11 is 0. The highest BCUT2D eigenvalue weighted by molar-refractivity contribution is 5.81. The first kappa shape index (κ1) is 29.4. The van der Waals surface area contributed by atoms with Gasteiger partial charge in [0.1, 0.15) is 17.2 Å². The summed E-state index contributed by atoms with van der Waals surface area (Å²) in [6.07, 6.45) is 0.478. The van der Waals surface area contributed by atoms with Gasteiger partial charge in [0, 0.05) is 13.1 Å². The zero-order valence-electron chi connectivity index (χ0n) is 21.5. The Kier molecular flexibility index (Phi) is 12.0. The van der Waals surface area contributed by atoms with Gasteiger partial charge in [-0.3, -0.25) is 4.90 Å². The van der Waals surface area contributed by atoms with E-state index >= 15 is 0 Å². The van der Waals surface area contributed by atoms with Crippen LogP contribution >= 0.6 is 0 Å². The van der Waals surface area contributed by atoms with Crippen molar-refractivity contribution in [1.82, 2.24) is 10.2 Å². The number of alkyl carbamates (subject to hydrolysis) is 1. The number of benzene rings is 1. The third-order valence-electron chi connectivity index (χ3n) is 4.64. The Hall–Kier alpha value is -2.63. The van der Waals surface area contributed by atoms with E-state index in [4.69, 9.17) is 14.7 Å². The van der Waals surface area contributed by atoms with Crippen molar-refractivity contribution in [2.45, 2.75) is 97.1 Å². The lowest BCUT2D eigenvalue weighted by atomic mass is 10.1. The smallest absolute Gasteiger partial charge is 0.408 e. The first-order valence-electron chi connectivity index (χ1n) is 11.8. The maximum atomic E-state index is 12.7. The molecule has 0 unspecified atom stereocenters. The number of aliphatic hydroxyl groups excluding tert-OH is 1. The van der Waals surface area contributed by atoms with E-state index in [0.717, 1.165) is 12.0 Å². The molecule has 2 atom stereocenters. The molecule has 0 heterocycles. The van der Waals surface area contributed by atoms with Gasteiger partial charge in [0.05, 0.1) is 18.6 Å². The van der Waals surface area contributed by atoms with Crippen LogP contribution in [0.25, 0.3) is 0 Å². The van der Waals surface area contributed by atoms with Crippen molar-refractivity contribution in [2.75, 3.05) is 13.1 Å². The highest BCUT2D eigenvalue weighted by Crippen LogP contribution is 2.14. The predicted octanol–water partition coefficient (Wildman–Crippen LogP) is 4.17. The second kappa shape index (κ2) is 13.9. The molecule has 0 saturated heterocycles. The lowest BCUT2D eigenvalue weighted by molar-refractivity contribution is -0.157. The summed E-state index contributed by atoms with van der Waals surface area (Å²) in [6.45, 7) is 12.3. The zero-order valence-corrected chi connectivity index (χ0v) is 21.5. The van der Waals surface area contributed by atoms with Crippen LogP contribution < -0.4 is 5.32 Å². The lowest BCUT2D eigenvalue weighted by Crippen LogP contribution is -2.46. The number of aliphatic hydroxyl groups is 1. The molecular formula is C26H41N3O5. The number of rotatable bonds is 12. The van der Waals surface area contributed by atoms with Crippen LogP contribution in [-0.4, -0.2) is 58.5 Å². The molecule has 0 bridgehead atoms. The van der Waals surface area contributed by atoms with Gasteiger partial charge in [-0.15, -0.1) is 0 Å². The van der Waals surface area contributed by atoms with Gasteiger partial charge in [-0.25, -0.2) is 9.59 Å². The van der Waals surface area contributed by atoms with E-state index in [0.29, 0.717) is 32.5 Å². The molecule has 0 spiro atoms. The average molecular weight is 476 g/mol. The molecule has 0 aliphatic heterocycles. The minimum atomic E-state index is -0.819. The SMILES string of the molecule is CC(C)(C)OC(=O)N[C@@H](CCCCN(Cc1ccccc1)C[C@H](O)CC#N)C(=O)OC(C)(C)C. The van der Waals surface area contributed by atoms with Gasteiger partial charge < -0.3 is 19.9 Å². The van der Waals surface area contributed by atoms with Gasteiger partial charge in [0.15, 0.2) is 0 Å². The van der Waals surface area contributed by atoms with Crippen LogP contribution in [0, 0.1) is 11.3 Å². The molecule has 0 aromatic heterocycles. The Morgan fingerprint density at radius 3 is 2.24 bits per heavy atom. The zero-order chi connectivity index (χ0) is 25.8. The van der Waals surface area contributed by atoms with Gasteiger partial charge >= 0.3 is 12.1 Å². The molecule has 0 fully saturated rings. The van der Waals surface area contributed by atoms with Crippen molar-refractivity contribution in [3.8, 4) is 6.07 Å². The largest absolute Gasteiger partial charge is 0.458 e. The Balaban J connectivity index is 2.73. The molecule has 1 aromatic carbocycles. The number of carbonyl (C=O) groups is 2. The summed E-state index contributed by atoms with van der Waals surface area (Å²) in [4.78, 5) is 27.0. The number of nitrogens with zero attached hydrogens (tertiary/aromatic N) is 2. The summed E-state index contributed by atoms with van der Waals surface area (Å²) in [5, 5.41) is 21.6. The van der Waals surface area contributed by atoms with Crippen LogP contribution in [0.15, 0.2) is 30.3 Å². The van der Waals surface area contributed by atoms with Crippen LogP contribution in [0.3, 0.4) is 0 Å². The normalized spacial score (nSPS) is 13.6. The van der Waals surface area contributed by atoms with Gasteiger partial charge in [0.25, 0.3) is 0 Å². The molecule has 1 aromatic rings. The number of carbonyl (C=O) groups excluding carboxylic acids is 2. The fraction of sp³-hybridized carbons (Fsp3) is 0.654. The fourth-order valence-corrected chi connectivity index (χ4v) is 3.30. The number of nitrogens with one attached hydrogen (secondary N) is 1. The Morgan fingerprint density at radius 1 is 1.06 bits per heavy atom. The molecule has 8 nitrogen and oxygen atoms in total. The number of hydrogen-bond acceptors (Lipinski definition) is 7. The minimum Gasteiger partial charge on any atom is -0.458 e. The minimum absolute atomic E-state index is 0.0752. The van der Waals surface area contributed by atoms with E-state index in [-0.39, 0.29) is 6.42 Å². The van der Waals surface area contributed by atoms with Crippen molar-refractivity contribution in [2.24, 2.45) is 0 Å². The van der Waals surface area contributed by atoms with E-state index in [1.807, 2.05) is 36.4 Å². The average Bonchev–Trinajstić information content (AvgIpc) is 2.68. The van der Waals surface area contributed by atoms with Crippen molar-refractivity contribution in [1.29, 1.82) is 5.26 Å². The van der Waals surface area contributed by atoms with Crippen LogP contribution in [0.5, 0.6) is 0 Å². The van der Waals surface area contributed by atoms with Crippen molar-refractivity contribution < 1.29 is 24.2 Å². The van der Waals surface area contributed by atoms with Crippen LogP contribution in [-0.2, 0) is 20.8 Å². The number of nitriles is 1. The standard InChI is InChI=1S/C26H41N3O5/c1-25(2,3)33-23(31)22(28-24(32)34-26(4,5)6)14-10-11-17-29(19-21(30)15-16-27)18-20-12-8-7-9-13-20/h7-9,12-13,21-22,30H,10-11,14-15,17-19H2,1-6H3,(H,28,32)/t21-,22+/m1/s1. The molecule has 8 heteroatoms. The van der Waals surface area contributed by atoms with Gasteiger partial charge in [-0.05, 0) is 72.9 Å². The third kappa shape index (κ3) is 13.8. The molecule has 190 valence electrons.